The van der Waals surface area contributed by atoms with Crippen LogP contribution in [-0.2, 0) is 16.4 Å². The standard InChI is InChI=1S/C11H11F2N3O3S/c1-2-9-14-5-7(6-15-9)16-20(17,18)10-4-3-8(19-10)11(12)13/h3-6,11,16H,2H2,1H3. The number of hydrogen-bond donors (Lipinski definition) is 1. The van der Waals surface area contributed by atoms with Gasteiger partial charge in [-0.1, -0.05) is 6.92 Å². The molecule has 6 nitrogen and oxygen atoms in total. The highest BCUT2D eigenvalue weighted by molar-refractivity contribution is 7.92. The second-order valence-electron chi connectivity index (χ2n) is 3.80. The molecule has 0 saturated carbocycles. The van der Waals surface area contributed by atoms with Crippen LogP contribution in [0.15, 0.2) is 34.0 Å². The summed E-state index contributed by atoms with van der Waals surface area (Å²) >= 11 is 0. The van der Waals surface area contributed by atoms with Crippen molar-refractivity contribution < 1.29 is 21.6 Å². The maximum absolute atomic E-state index is 12.3. The summed E-state index contributed by atoms with van der Waals surface area (Å²) in [6.45, 7) is 1.86. The van der Waals surface area contributed by atoms with E-state index in [1.165, 1.54) is 12.4 Å². The summed E-state index contributed by atoms with van der Waals surface area (Å²) in [6, 6.07) is 1.88. The molecule has 0 aromatic carbocycles. The first kappa shape index (κ1) is 14.4. The maximum atomic E-state index is 12.3. The van der Waals surface area contributed by atoms with Crippen LogP contribution >= 0.6 is 0 Å². The van der Waals surface area contributed by atoms with Gasteiger partial charge in [-0.15, -0.1) is 0 Å². The molecule has 2 aromatic heterocycles. The fourth-order valence-electron chi connectivity index (χ4n) is 1.39. The van der Waals surface area contributed by atoms with E-state index in [0.29, 0.717) is 12.2 Å². The van der Waals surface area contributed by atoms with Crippen LogP contribution in [0.2, 0.25) is 0 Å². The van der Waals surface area contributed by atoms with E-state index < -0.39 is 27.3 Å². The molecule has 108 valence electrons. The molecule has 2 aromatic rings. The molecule has 2 heterocycles. The summed E-state index contributed by atoms with van der Waals surface area (Å²) in [5.41, 5.74) is 0.122. The maximum Gasteiger partial charge on any atom is 0.295 e. The largest absolute Gasteiger partial charge is 0.442 e. The summed E-state index contributed by atoms with van der Waals surface area (Å²) in [6.07, 6.45) is 0.329. The third-order valence-electron chi connectivity index (χ3n) is 2.36. The minimum atomic E-state index is -4.08. The van der Waals surface area contributed by atoms with E-state index in [4.69, 9.17) is 0 Å². The predicted molar refractivity (Wildman–Crippen MR) is 65.9 cm³/mol. The van der Waals surface area contributed by atoms with E-state index in [1.807, 2.05) is 6.92 Å². The van der Waals surface area contributed by atoms with Crippen LogP contribution in [0.5, 0.6) is 0 Å². The SMILES string of the molecule is CCc1ncc(NS(=O)(=O)c2ccc(C(F)F)o2)cn1. The Kier molecular flexibility index (Phi) is 3.98. The zero-order valence-electron chi connectivity index (χ0n) is 10.4. The fraction of sp³-hybridized carbons (Fsp3) is 0.273. The number of halogens is 2. The van der Waals surface area contributed by atoms with Crippen molar-refractivity contribution in [2.75, 3.05) is 4.72 Å². The molecule has 0 atom stereocenters. The highest BCUT2D eigenvalue weighted by Gasteiger charge is 2.22. The lowest BCUT2D eigenvalue weighted by molar-refractivity contribution is 0.116. The Hall–Kier alpha value is -2.03. The highest BCUT2D eigenvalue weighted by Crippen LogP contribution is 2.24. The number of sulfonamides is 1. The van der Waals surface area contributed by atoms with Crippen LogP contribution in [0.25, 0.3) is 0 Å². The molecule has 0 amide bonds. The van der Waals surface area contributed by atoms with E-state index in [9.17, 15) is 17.2 Å². The molecule has 0 aliphatic carbocycles. The van der Waals surface area contributed by atoms with Crippen molar-refractivity contribution in [3.05, 3.63) is 36.1 Å². The van der Waals surface area contributed by atoms with Crippen LogP contribution in [0.3, 0.4) is 0 Å². The zero-order chi connectivity index (χ0) is 14.8. The number of anilines is 1. The highest BCUT2D eigenvalue weighted by atomic mass is 32.2. The van der Waals surface area contributed by atoms with Crippen molar-refractivity contribution in [2.24, 2.45) is 0 Å². The van der Waals surface area contributed by atoms with Crippen LogP contribution in [0.1, 0.15) is 24.9 Å². The number of aromatic nitrogens is 2. The molecular formula is C11H11F2N3O3S. The van der Waals surface area contributed by atoms with Crippen LogP contribution in [0.4, 0.5) is 14.5 Å². The Morgan fingerprint density at radius 3 is 2.45 bits per heavy atom. The number of aryl methyl sites for hydroxylation is 1. The van der Waals surface area contributed by atoms with Gasteiger partial charge in [-0.2, -0.15) is 8.42 Å². The molecule has 0 radical (unpaired) electrons. The van der Waals surface area contributed by atoms with E-state index in [1.54, 1.807) is 0 Å². The molecule has 0 fully saturated rings. The number of rotatable bonds is 5. The average molecular weight is 303 g/mol. The van der Waals surface area contributed by atoms with E-state index in [-0.39, 0.29) is 5.69 Å². The third-order valence-corrected chi connectivity index (χ3v) is 3.61. The fourth-order valence-corrected chi connectivity index (χ4v) is 2.36. The molecule has 0 bridgehead atoms. The minimum Gasteiger partial charge on any atom is -0.442 e. The first-order chi connectivity index (χ1) is 9.42. The van der Waals surface area contributed by atoms with Crippen LogP contribution in [-0.4, -0.2) is 18.4 Å². The monoisotopic (exact) mass is 303 g/mol. The van der Waals surface area contributed by atoms with Crippen LogP contribution < -0.4 is 4.72 Å². The van der Waals surface area contributed by atoms with E-state index >= 15 is 0 Å². The van der Waals surface area contributed by atoms with Gasteiger partial charge in [0, 0.05) is 6.42 Å². The van der Waals surface area contributed by atoms with Gasteiger partial charge in [-0.3, -0.25) is 4.72 Å². The molecule has 9 heteroatoms. The predicted octanol–water partition coefficient (Wildman–Crippen LogP) is 2.37. The van der Waals surface area contributed by atoms with Crippen molar-refractivity contribution in [3.8, 4) is 0 Å². The topological polar surface area (TPSA) is 85.1 Å². The number of alkyl halides is 2. The zero-order valence-corrected chi connectivity index (χ0v) is 11.2. The van der Waals surface area contributed by atoms with Crippen molar-refractivity contribution in [1.29, 1.82) is 0 Å². The summed E-state index contributed by atoms with van der Waals surface area (Å²) in [5, 5.41) is -0.590. The number of nitrogens with zero attached hydrogens (tertiary/aromatic N) is 2. The molecule has 0 aliphatic heterocycles. The first-order valence-corrected chi connectivity index (χ1v) is 7.12. The average Bonchev–Trinajstić information content (AvgIpc) is 2.90. The quantitative estimate of drug-likeness (QED) is 0.916. The number of hydrogen-bond acceptors (Lipinski definition) is 5. The Bertz CT molecular complexity index is 683. The van der Waals surface area contributed by atoms with Crippen molar-refractivity contribution in [2.45, 2.75) is 24.9 Å². The van der Waals surface area contributed by atoms with Crippen molar-refractivity contribution >= 4 is 15.7 Å². The van der Waals surface area contributed by atoms with Gasteiger partial charge in [0.2, 0.25) is 5.09 Å². The third kappa shape index (κ3) is 3.10. The number of nitrogens with one attached hydrogen (secondary N) is 1. The molecule has 20 heavy (non-hydrogen) atoms. The smallest absolute Gasteiger partial charge is 0.295 e. The van der Waals surface area contributed by atoms with E-state index in [2.05, 4.69) is 19.1 Å². The second-order valence-corrected chi connectivity index (χ2v) is 5.42. The summed E-state index contributed by atoms with van der Waals surface area (Å²) in [5.74, 6) is -0.145. The van der Waals surface area contributed by atoms with Gasteiger partial charge in [0.25, 0.3) is 16.4 Å². The van der Waals surface area contributed by atoms with Crippen molar-refractivity contribution in [3.63, 3.8) is 0 Å². The van der Waals surface area contributed by atoms with Crippen LogP contribution in [0, 0.1) is 0 Å². The van der Waals surface area contributed by atoms with Gasteiger partial charge in [-0.05, 0) is 12.1 Å². The van der Waals surface area contributed by atoms with Gasteiger partial charge in [0.15, 0.2) is 5.76 Å². The van der Waals surface area contributed by atoms with Gasteiger partial charge >= 0.3 is 0 Å². The Morgan fingerprint density at radius 1 is 1.30 bits per heavy atom. The van der Waals surface area contributed by atoms with Gasteiger partial charge in [0.05, 0.1) is 18.1 Å². The normalized spacial score (nSPS) is 11.8. The van der Waals surface area contributed by atoms with E-state index in [0.717, 1.165) is 12.1 Å². The summed E-state index contributed by atoms with van der Waals surface area (Å²) in [7, 11) is -4.08. The Morgan fingerprint density at radius 2 is 1.95 bits per heavy atom. The van der Waals surface area contributed by atoms with Gasteiger partial charge in [0.1, 0.15) is 5.82 Å². The molecule has 0 saturated heterocycles. The summed E-state index contributed by atoms with van der Waals surface area (Å²) < 4.78 is 55.2. The lowest BCUT2D eigenvalue weighted by atomic mass is 10.4. The lowest BCUT2D eigenvalue weighted by Gasteiger charge is -2.05. The minimum absolute atomic E-state index is 0.122. The molecule has 0 unspecified atom stereocenters. The Labute approximate surface area is 113 Å². The molecule has 2 rings (SSSR count). The van der Waals surface area contributed by atoms with Gasteiger partial charge in [-0.25, -0.2) is 18.7 Å². The first-order valence-electron chi connectivity index (χ1n) is 5.64. The van der Waals surface area contributed by atoms with Gasteiger partial charge < -0.3 is 4.42 Å². The lowest BCUT2D eigenvalue weighted by Crippen LogP contribution is -2.12. The Balaban J connectivity index is 2.21. The second kappa shape index (κ2) is 5.53. The van der Waals surface area contributed by atoms with Crippen molar-refractivity contribution in [1.82, 2.24) is 9.97 Å². The molecule has 0 aliphatic rings. The number of furan rings is 1. The summed E-state index contributed by atoms with van der Waals surface area (Å²) in [4.78, 5) is 7.84. The molecular weight excluding hydrogens is 292 g/mol. The molecule has 0 spiro atoms. The molecule has 1 N–H and O–H groups in total.